The Bertz CT molecular complexity index is 790. The Kier molecular flexibility index (Phi) is 7.37. The maximum atomic E-state index is 11.7. The molecule has 27 heavy (non-hydrogen) atoms. The van der Waals surface area contributed by atoms with Gasteiger partial charge in [-0.15, -0.1) is 0 Å². The summed E-state index contributed by atoms with van der Waals surface area (Å²) in [4.78, 5) is 33.8. The summed E-state index contributed by atoms with van der Waals surface area (Å²) in [6, 6.07) is 15.5. The molecule has 0 saturated heterocycles. The van der Waals surface area contributed by atoms with Crippen LogP contribution in [0.5, 0.6) is 5.75 Å². The summed E-state index contributed by atoms with van der Waals surface area (Å²) in [5.74, 6) is -1.86. The SMILES string of the molecule is CC(=O)OCC(=O)N[C@H](Cc1cccc(OCc2ccccc2)c1)C(=O)O. The number of aliphatic carboxylic acids is 1. The number of rotatable bonds is 9. The van der Waals surface area contributed by atoms with Crippen molar-refractivity contribution in [2.75, 3.05) is 6.61 Å². The predicted molar refractivity (Wildman–Crippen MR) is 97.1 cm³/mol. The smallest absolute Gasteiger partial charge is 0.326 e. The number of hydrogen-bond acceptors (Lipinski definition) is 5. The second kappa shape index (κ2) is 9.96. The first-order valence-corrected chi connectivity index (χ1v) is 8.35. The van der Waals surface area contributed by atoms with Crippen LogP contribution in [0.3, 0.4) is 0 Å². The standard InChI is InChI=1S/C20H21NO6/c1-14(22)26-13-19(23)21-18(20(24)25)11-16-8-5-9-17(10-16)27-12-15-6-3-2-4-7-15/h2-10,18H,11-13H2,1H3,(H,21,23)(H,24,25)/t18-/m1/s1. The molecule has 1 amide bonds. The van der Waals surface area contributed by atoms with Gasteiger partial charge in [0.05, 0.1) is 0 Å². The first-order valence-electron chi connectivity index (χ1n) is 8.35. The number of carbonyl (C=O) groups is 3. The first kappa shape index (κ1) is 20.0. The maximum Gasteiger partial charge on any atom is 0.326 e. The van der Waals surface area contributed by atoms with Gasteiger partial charge in [0, 0.05) is 13.3 Å². The summed E-state index contributed by atoms with van der Waals surface area (Å²) < 4.78 is 10.3. The third-order valence-corrected chi connectivity index (χ3v) is 3.63. The van der Waals surface area contributed by atoms with Gasteiger partial charge in [0.25, 0.3) is 5.91 Å². The highest BCUT2D eigenvalue weighted by molar-refractivity contribution is 5.85. The molecule has 0 spiro atoms. The molecule has 0 fully saturated rings. The highest BCUT2D eigenvalue weighted by atomic mass is 16.5. The molecular weight excluding hydrogens is 350 g/mol. The average Bonchev–Trinajstić information content (AvgIpc) is 2.65. The zero-order chi connectivity index (χ0) is 19.6. The van der Waals surface area contributed by atoms with Gasteiger partial charge in [-0.1, -0.05) is 42.5 Å². The van der Waals surface area contributed by atoms with E-state index in [0.717, 1.165) is 5.56 Å². The molecule has 2 aromatic carbocycles. The lowest BCUT2D eigenvalue weighted by molar-refractivity contribution is -0.148. The van der Waals surface area contributed by atoms with Gasteiger partial charge in [-0.2, -0.15) is 0 Å². The Morgan fingerprint density at radius 1 is 1.04 bits per heavy atom. The van der Waals surface area contributed by atoms with Crippen molar-refractivity contribution in [1.82, 2.24) is 5.32 Å². The van der Waals surface area contributed by atoms with Crippen LogP contribution in [-0.2, 0) is 32.1 Å². The molecule has 0 bridgehead atoms. The fraction of sp³-hybridized carbons (Fsp3) is 0.250. The van der Waals surface area contributed by atoms with E-state index < -0.39 is 30.5 Å². The Labute approximate surface area is 156 Å². The van der Waals surface area contributed by atoms with Crippen LogP contribution in [0.1, 0.15) is 18.1 Å². The molecule has 1 atom stereocenters. The van der Waals surface area contributed by atoms with Gasteiger partial charge in [-0.05, 0) is 23.3 Å². The average molecular weight is 371 g/mol. The third kappa shape index (κ3) is 7.19. The van der Waals surface area contributed by atoms with Crippen molar-refractivity contribution in [2.45, 2.75) is 26.0 Å². The topological polar surface area (TPSA) is 102 Å². The van der Waals surface area contributed by atoms with E-state index >= 15 is 0 Å². The summed E-state index contributed by atoms with van der Waals surface area (Å²) >= 11 is 0. The van der Waals surface area contributed by atoms with E-state index in [9.17, 15) is 19.5 Å². The molecule has 142 valence electrons. The molecule has 2 N–H and O–H groups in total. The van der Waals surface area contributed by atoms with Crippen molar-refractivity contribution in [3.05, 3.63) is 65.7 Å². The molecule has 2 rings (SSSR count). The molecule has 7 nitrogen and oxygen atoms in total. The van der Waals surface area contributed by atoms with Crippen LogP contribution in [0.25, 0.3) is 0 Å². The van der Waals surface area contributed by atoms with Gasteiger partial charge in [0.2, 0.25) is 0 Å². The lowest BCUT2D eigenvalue weighted by atomic mass is 10.1. The van der Waals surface area contributed by atoms with E-state index in [1.165, 1.54) is 6.92 Å². The molecule has 0 unspecified atom stereocenters. The summed E-state index contributed by atoms with van der Waals surface area (Å²) in [7, 11) is 0. The number of carboxylic acid groups (broad SMARTS) is 1. The molecule has 0 aromatic heterocycles. The molecule has 7 heteroatoms. The monoisotopic (exact) mass is 371 g/mol. The van der Waals surface area contributed by atoms with Crippen molar-refractivity contribution < 1.29 is 29.0 Å². The second-order valence-corrected chi connectivity index (χ2v) is 5.86. The van der Waals surface area contributed by atoms with Gasteiger partial charge < -0.3 is 19.9 Å². The van der Waals surface area contributed by atoms with E-state index in [-0.39, 0.29) is 6.42 Å². The van der Waals surface area contributed by atoms with E-state index in [1.54, 1.807) is 24.3 Å². The van der Waals surface area contributed by atoms with Gasteiger partial charge in [-0.3, -0.25) is 9.59 Å². The van der Waals surface area contributed by atoms with Crippen molar-refractivity contribution in [2.24, 2.45) is 0 Å². The molecule has 2 aromatic rings. The fourth-order valence-corrected chi connectivity index (χ4v) is 2.34. The number of benzene rings is 2. The van der Waals surface area contributed by atoms with Gasteiger partial charge in [-0.25, -0.2) is 4.79 Å². The molecule has 0 radical (unpaired) electrons. The number of esters is 1. The summed E-state index contributed by atoms with van der Waals surface area (Å²) in [5, 5.41) is 11.7. The van der Waals surface area contributed by atoms with Crippen LogP contribution in [0.15, 0.2) is 54.6 Å². The minimum atomic E-state index is -1.18. The van der Waals surface area contributed by atoms with E-state index in [4.69, 9.17) is 4.74 Å². The molecule has 0 heterocycles. The number of amides is 1. The van der Waals surface area contributed by atoms with E-state index in [2.05, 4.69) is 10.1 Å². The molecule has 0 aliphatic carbocycles. The summed E-state index contributed by atoms with van der Waals surface area (Å²) in [5.41, 5.74) is 1.71. The summed E-state index contributed by atoms with van der Waals surface area (Å²) in [6.07, 6.45) is 0.0731. The van der Waals surface area contributed by atoms with Crippen LogP contribution >= 0.6 is 0 Å². The zero-order valence-electron chi connectivity index (χ0n) is 14.9. The summed E-state index contributed by atoms with van der Waals surface area (Å²) in [6.45, 7) is 1.05. The Hall–Kier alpha value is -3.35. The number of nitrogens with one attached hydrogen (secondary N) is 1. The molecule has 0 aliphatic rings. The Balaban J connectivity index is 1.96. The van der Waals surface area contributed by atoms with Crippen LogP contribution in [0.2, 0.25) is 0 Å². The largest absolute Gasteiger partial charge is 0.489 e. The van der Waals surface area contributed by atoms with Gasteiger partial charge in [0.15, 0.2) is 6.61 Å². The first-order chi connectivity index (χ1) is 12.9. The van der Waals surface area contributed by atoms with Crippen molar-refractivity contribution >= 4 is 17.8 Å². The number of ether oxygens (including phenoxy) is 2. The molecule has 0 aliphatic heterocycles. The minimum absolute atomic E-state index is 0.0731. The highest BCUT2D eigenvalue weighted by Gasteiger charge is 2.21. The lowest BCUT2D eigenvalue weighted by Gasteiger charge is -2.15. The second-order valence-electron chi connectivity index (χ2n) is 5.86. The number of hydrogen-bond donors (Lipinski definition) is 2. The van der Waals surface area contributed by atoms with Crippen molar-refractivity contribution in [1.29, 1.82) is 0 Å². The highest BCUT2D eigenvalue weighted by Crippen LogP contribution is 2.16. The lowest BCUT2D eigenvalue weighted by Crippen LogP contribution is -2.44. The third-order valence-electron chi connectivity index (χ3n) is 3.63. The van der Waals surface area contributed by atoms with Crippen LogP contribution in [-0.4, -0.2) is 35.6 Å². The van der Waals surface area contributed by atoms with Crippen LogP contribution in [0.4, 0.5) is 0 Å². The zero-order valence-corrected chi connectivity index (χ0v) is 14.9. The van der Waals surface area contributed by atoms with Gasteiger partial charge in [0.1, 0.15) is 18.4 Å². The number of carboxylic acids is 1. The Morgan fingerprint density at radius 3 is 2.41 bits per heavy atom. The minimum Gasteiger partial charge on any atom is -0.489 e. The van der Waals surface area contributed by atoms with Crippen molar-refractivity contribution in [3.63, 3.8) is 0 Å². The fourth-order valence-electron chi connectivity index (χ4n) is 2.34. The normalized spacial score (nSPS) is 11.3. The van der Waals surface area contributed by atoms with Crippen LogP contribution < -0.4 is 10.1 Å². The number of carbonyl (C=O) groups excluding carboxylic acids is 2. The Morgan fingerprint density at radius 2 is 1.74 bits per heavy atom. The van der Waals surface area contributed by atoms with Crippen molar-refractivity contribution in [3.8, 4) is 5.75 Å². The molecular formula is C20H21NO6. The van der Waals surface area contributed by atoms with E-state index in [1.807, 2.05) is 30.3 Å². The van der Waals surface area contributed by atoms with Crippen LogP contribution in [0, 0.1) is 0 Å². The van der Waals surface area contributed by atoms with E-state index in [0.29, 0.717) is 17.9 Å². The molecule has 0 saturated carbocycles. The predicted octanol–water partition coefficient (Wildman–Crippen LogP) is 1.94. The quantitative estimate of drug-likeness (QED) is 0.653. The maximum absolute atomic E-state index is 11.7. The van der Waals surface area contributed by atoms with Gasteiger partial charge >= 0.3 is 11.9 Å².